The van der Waals surface area contributed by atoms with Gasteiger partial charge in [-0.3, -0.25) is 19.9 Å². The molecule has 1 aliphatic heterocycles. The van der Waals surface area contributed by atoms with Crippen LogP contribution >= 0.6 is 0 Å². The van der Waals surface area contributed by atoms with Crippen molar-refractivity contribution in [3.05, 3.63) is 41.1 Å². The molecule has 0 radical (unpaired) electrons. The van der Waals surface area contributed by atoms with Gasteiger partial charge in [-0.1, -0.05) is 6.07 Å². The van der Waals surface area contributed by atoms with Gasteiger partial charge < -0.3 is 5.11 Å². The van der Waals surface area contributed by atoms with Crippen LogP contribution in [0.3, 0.4) is 0 Å². The molecule has 1 aromatic heterocycles. The highest BCUT2D eigenvalue weighted by Crippen LogP contribution is 2.29. The first-order chi connectivity index (χ1) is 10.1. The largest absolute Gasteiger partial charge is 0.392 e. The zero-order valence-electron chi connectivity index (χ0n) is 11.7. The topological polar surface area (TPSA) is 79.3 Å². The molecule has 21 heavy (non-hydrogen) atoms. The molecular weight excluding hydrogens is 268 g/mol. The molecule has 1 fully saturated rings. The first-order valence-electron chi connectivity index (χ1n) is 6.93. The molecule has 2 aromatic rings. The number of aliphatic hydroxyl groups is 1. The van der Waals surface area contributed by atoms with E-state index < -0.39 is 0 Å². The number of piperidine rings is 1. The van der Waals surface area contributed by atoms with Gasteiger partial charge in [-0.05, 0) is 42.7 Å². The quantitative estimate of drug-likeness (QED) is 0.820. The zero-order valence-corrected chi connectivity index (χ0v) is 11.7. The van der Waals surface area contributed by atoms with Gasteiger partial charge in [0.05, 0.1) is 18.0 Å². The van der Waals surface area contributed by atoms with Gasteiger partial charge in [0.2, 0.25) is 11.8 Å². The molecular formula is C16H16N2O3. The molecule has 1 atom stereocenters. The molecule has 0 aliphatic carbocycles. The molecule has 108 valence electrons. The van der Waals surface area contributed by atoms with Crippen molar-refractivity contribution < 1.29 is 14.7 Å². The molecule has 0 bridgehead atoms. The Morgan fingerprint density at radius 2 is 2.14 bits per heavy atom. The van der Waals surface area contributed by atoms with E-state index in [0.717, 1.165) is 27.7 Å². The second-order valence-electron chi connectivity index (χ2n) is 5.35. The van der Waals surface area contributed by atoms with Crippen molar-refractivity contribution in [2.75, 3.05) is 0 Å². The van der Waals surface area contributed by atoms with Crippen molar-refractivity contribution >= 4 is 22.7 Å². The van der Waals surface area contributed by atoms with Crippen molar-refractivity contribution in [2.45, 2.75) is 32.3 Å². The van der Waals surface area contributed by atoms with Crippen molar-refractivity contribution in [3.63, 3.8) is 0 Å². The first kappa shape index (κ1) is 13.7. The summed E-state index contributed by atoms with van der Waals surface area (Å²) >= 11 is 0. The van der Waals surface area contributed by atoms with E-state index in [9.17, 15) is 14.7 Å². The minimum Gasteiger partial charge on any atom is -0.392 e. The standard InChI is InChI=1S/C16H16N2O3/c1-9-13(12-3-5-15(20)18-16(12)21)7-11-6-10(8-19)2-4-14(11)17-9/h2,4,6-7,12,19H,3,5,8H2,1H3,(H,18,20,21). The molecule has 0 spiro atoms. The Balaban J connectivity index is 2.07. The first-order valence-corrected chi connectivity index (χ1v) is 6.93. The van der Waals surface area contributed by atoms with Crippen LogP contribution in [0.2, 0.25) is 0 Å². The molecule has 2 amide bonds. The fourth-order valence-electron chi connectivity index (χ4n) is 2.78. The van der Waals surface area contributed by atoms with Crippen LogP contribution in [0.5, 0.6) is 0 Å². The third-order valence-electron chi connectivity index (χ3n) is 3.91. The summed E-state index contributed by atoms with van der Waals surface area (Å²) in [7, 11) is 0. The van der Waals surface area contributed by atoms with Crippen LogP contribution in [0, 0.1) is 6.92 Å². The summed E-state index contributed by atoms with van der Waals surface area (Å²) < 4.78 is 0. The number of carbonyl (C=O) groups excluding carboxylic acids is 2. The number of hydrogen-bond acceptors (Lipinski definition) is 4. The van der Waals surface area contributed by atoms with E-state index in [2.05, 4.69) is 10.3 Å². The van der Waals surface area contributed by atoms with Gasteiger partial charge in [0, 0.05) is 17.5 Å². The highest BCUT2D eigenvalue weighted by Gasteiger charge is 2.29. The summed E-state index contributed by atoms with van der Waals surface area (Å²) in [5, 5.41) is 12.5. The van der Waals surface area contributed by atoms with Gasteiger partial charge in [0.15, 0.2) is 0 Å². The third-order valence-corrected chi connectivity index (χ3v) is 3.91. The van der Waals surface area contributed by atoms with Crippen LogP contribution < -0.4 is 5.32 Å². The van der Waals surface area contributed by atoms with Crippen LogP contribution in [-0.4, -0.2) is 21.9 Å². The molecule has 2 N–H and O–H groups in total. The minimum absolute atomic E-state index is 0.0302. The smallest absolute Gasteiger partial charge is 0.234 e. The van der Waals surface area contributed by atoms with Crippen molar-refractivity contribution in [1.82, 2.24) is 10.3 Å². The number of fused-ring (bicyclic) bond motifs is 1. The monoisotopic (exact) mass is 284 g/mol. The third kappa shape index (κ3) is 2.52. The Morgan fingerprint density at radius 1 is 1.33 bits per heavy atom. The fourth-order valence-corrected chi connectivity index (χ4v) is 2.78. The Morgan fingerprint density at radius 3 is 2.86 bits per heavy atom. The number of amides is 2. The minimum atomic E-state index is -0.336. The maximum Gasteiger partial charge on any atom is 0.234 e. The summed E-state index contributed by atoms with van der Waals surface area (Å²) in [4.78, 5) is 27.8. The van der Waals surface area contributed by atoms with Gasteiger partial charge >= 0.3 is 0 Å². The predicted octanol–water partition coefficient (Wildman–Crippen LogP) is 1.56. The van der Waals surface area contributed by atoms with Gasteiger partial charge in [-0.15, -0.1) is 0 Å². The normalized spacial score (nSPS) is 18.9. The van der Waals surface area contributed by atoms with E-state index >= 15 is 0 Å². The predicted molar refractivity (Wildman–Crippen MR) is 77.5 cm³/mol. The maximum absolute atomic E-state index is 12.0. The van der Waals surface area contributed by atoms with Gasteiger partial charge in [0.1, 0.15) is 0 Å². The van der Waals surface area contributed by atoms with E-state index in [4.69, 9.17) is 0 Å². The van der Waals surface area contributed by atoms with E-state index in [-0.39, 0.29) is 24.3 Å². The van der Waals surface area contributed by atoms with Gasteiger partial charge in [0.25, 0.3) is 0 Å². The molecule has 3 rings (SSSR count). The van der Waals surface area contributed by atoms with E-state index in [1.165, 1.54) is 0 Å². The highest BCUT2D eigenvalue weighted by molar-refractivity contribution is 6.01. The molecule has 0 saturated carbocycles. The lowest BCUT2D eigenvalue weighted by Crippen LogP contribution is -2.39. The number of aliphatic hydroxyl groups excluding tert-OH is 1. The summed E-state index contributed by atoms with van der Waals surface area (Å²) in [6, 6.07) is 7.51. The highest BCUT2D eigenvalue weighted by atomic mass is 16.3. The fraction of sp³-hybridized carbons (Fsp3) is 0.312. The number of rotatable bonds is 2. The number of nitrogens with zero attached hydrogens (tertiary/aromatic N) is 1. The van der Waals surface area contributed by atoms with Crippen LogP contribution in [-0.2, 0) is 16.2 Å². The molecule has 1 unspecified atom stereocenters. The molecule has 1 aliphatic rings. The molecule has 5 nitrogen and oxygen atoms in total. The number of carbonyl (C=O) groups is 2. The SMILES string of the molecule is Cc1nc2ccc(CO)cc2cc1C1CCC(=O)NC1=O. The van der Waals surface area contributed by atoms with E-state index in [0.29, 0.717) is 12.8 Å². The van der Waals surface area contributed by atoms with E-state index in [1.54, 1.807) is 0 Å². The van der Waals surface area contributed by atoms with Crippen molar-refractivity contribution in [1.29, 1.82) is 0 Å². The Kier molecular flexibility index (Phi) is 3.43. The second kappa shape index (κ2) is 5.26. The summed E-state index contributed by atoms with van der Waals surface area (Å²) in [6.07, 6.45) is 0.864. The number of pyridine rings is 1. The average molecular weight is 284 g/mol. The Bertz CT molecular complexity index is 740. The van der Waals surface area contributed by atoms with Gasteiger partial charge in [-0.2, -0.15) is 0 Å². The second-order valence-corrected chi connectivity index (χ2v) is 5.35. The lowest BCUT2D eigenvalue weighted by atomic mass is 9.88. The molecule has 1 saturated heterocycles. The Labute approximate surface area is 122 Å². The van der Waals surface area contributed by atoms with Gasteiger partial charge in [-0.25, -0.2) is 0 Å². The number of imide groups is 1. The average Bonchev–Trinajstić information content (AvgIpc) is 2.46. The van der Waals surface area contributed by atoms with Crippen LogP contribution in [0.15, 0.2) is 24.3 Å². The Hall–Kier alpha value is -2.27. The summed E-state index contributed by atoms with van der Waals surface area (Å²) in [6.45, 7) is 1.84. The summed E-state index contributed by atoms with van der Waals surface area (Å²) in [5.74, 6) is -0.809. The number of hydrogen-bond donors (Lipinski definition) is 2. The van der Waals surface area contributed by atoms with E-state index in [1.807, 2.05) is 31.2 Å². The van der Waals surface area contributed by atoms with Crippen molar-refractivity contribution in [2.24, 2.45) is 0 Å². The lowest BCUT2D eigenvalue weighted by molar-refractivity contribution is -0.134. The number of aromatic nitrogens is 1. The molecule has 2 heterocycles. The van der Waals surface area contributed by atoms with Crippen LogP contribution in [0.1, 0.15) is 35.6 Å². The molecule has 5 heteroatoms. The maximum atomic E-state index is 12.0. The van der Waals surface area contributed by atoms with Crippen LogP contribution in [0.4, 0.5) is 0 Å². The number of aryl methyl sites for hydroxylation is 1. The molecule has 1 aromatic carbocycles. The number of nitrogens with one attached hydrogen (secondary N) is 1. The number of benzene rings is 1. The lowest BCUT2D eigenvalue weighted by Gasteiger charge is -2.22. The zero-order chi connectivity index (χ0) is 15.0. The van der Waals surface area contributed by atoms with Crippen molar-refractivity contribution in [3.8, 4) is 0 Å². The van der Waals surface area contributed by atoms with Crippen LogP contribution in [0.25, 0.3) is 10.9 Å². The summed E-state index contributed by atoms with van der Waals surface area (Å²) in [5.41, 5.74) is 3.29.